The maximum atomic E-state index is 12.4. The molecule has 2 amide bonds. The normalized spacial score (nSPS) is 13.3. The maximum Gasteiger partial charge on any atom is 0.274 e. The van der Waals surface area contributed by atoms with Crippen LogP contribution in [0, 0.1) is 0 Å². The van der Waals surface area contributed by atoms with Gasteiger partial charge in [-0.1, -0.05) is 12.1 Å². The topological polar surface area (TPSA) is 74.3 Å². The number of carbonyl (C=O) groups excluding carboxylic acids is 2. The second-order valence-electron chi connectivity index (χ2n) is 6.10. The second kappa shape index (κ2) is 8.29. The Kier molecular flexibility index (Phi) is 5.63. The summed E-state index contributed by atoms with van der Waals surface area (Å²) in [6.07, 6.45) is 4.03. The van der Waals surface area contributed by atoms with Crippen molar-refractivity contribution in [3.8, 4) is 0 Å². The number of amides is 2. The average Bonchev–Trinajstić information content (AvgIpc) is 3.21. The van der Waals surface area contributed by atoms with Gasteiger partial charge in [-0.15, -0.1) is 6.58 Å². The van der Waals surface area contributed by atoms with Gasteiger partial charge in [0.1, 0.15) is 11.4 Å². The highest BCUT2D eigenvalue weighted by Crippen LogP contribution is 2.22. The molecule has 0 radical (unpaired) electrons. The van der Waals surface area contributed by atoms with Crippen LogP contribution in [0.15, 0.2) is 55.1 Å². The van der Waals surface area contributed by atoms with E-state index < -0.39 is 0 Å². The SMILES string of the molecule is C=CCNC(=O)c1cccc(C(=O)Nc2ccc(N3CCCC3)cc2)n1. The lowest BCUT2D eigenvalue weighted by molar-refractivity contribution is 0.0953. The van der Waals surface area contributed by atoms with E-state index in [2.05, 4.69) is 27.1 Å². The molecule has 26 heavy (non-hydrogen) atoms. The van der Waals surface area contributed by atoms with Crippen molar-refractivity contribution >= 4 is 23.2 Å². The van der Waals surface area contributed by atoms with Crippen LogP contribution in [0.3, 0.4) is 0 Å². The zero-order valence-electron chi connectivity index (χ0n) is 14.6. The van der Waals surface area contributed by atoms with E-state index in [1.165, 1.54) is 18.5 Å². The van der Waals surface area contributed by atoms with Gasteiger partial charge in [-0.25, -0.2) is 4.98 Å². The number of carbonyl (C=O) groups is 2. The number of rotatable bonds is 6. The Labute approximate surface area is 152 Å². The summed E-state index contributed by atoms with van der Waals surface area (Å²) in [4.78, 5) is 30.8. The molecule has 134 valence electrons. The van der Waals surface area contributed by atoms with Gasteiger partial charge in [0, 0.05) is 31.0 Å². The second-order valence-corrected chi connectivity index (χ2v) is 6.10. The van der Waals surface area contributed by atoms with Crippen molar-refractivity contribution in [1.29, 1.82) is 0 Å². The minimum Gasteiger partial charge on any atom is -0.372 e. The fraction of sp³-hybridized carbons (Fsp3) is 0.250. The van der Waals surface area contributed by atoms with Crippen LogP contribution in [0.4, 0.5) is 11.4 Å². The number of pyridine rings is 1. The molecule has 2 heterocycles. The van der Waals surface area contributed by atoms with E-state index in [-0.39, 0.29) is 23.2 Å². The molecule has 2 N–H and O–H groups in total. The molecular formula is C20H22N4O2. The van der Waals surface area contributed by atoms with Crippen LogP contribution in [0.5, 0.6) is 0 Å². The predicted octanol–water partition coefficient (Wildman–Crippen LogP) is 2.85. The third-order valence-electron chi connectivity index (χ3n) is 4.22. The highest BCUT2D eigenvalue weighted by Gasteiger charge is 2.14. The lowest BCUT2D eigenvalue weighted by atomic mass is 10.2. The summed E-state index contributed by atoms with van der Waals surface area (Å²) >= 11 is 0. The van der Waals surface area contributed by atoms with Crippen LogP contribution < -0.4 is 15.5 Å². The fourth-order valence-electron chi connectivity index (χ4n) is 2.87. The molecule has 0 bridgehead atoms. The van der Waals surface area contributed by atoms with E-state index in [9.17, 15) is 9.59 Å². The Balaban J connectivity index is 1.65. The smallest absolute Gasteiger partial charge is 0.274 e. The summed E-state index contributed by atoms with van der Waals surface area (Å²) in [5.74, 6) is -0.688. The number of aromatic nitrogens is 1. The molecule has 6 heteroatoms. The van der Waals surface area contributed by atoms with Crippen molar-refractivity contribution in [3.05, 3.63) is 66.5 Å². The number of nitrogens with one attached hydrogen (secondary N) is 2. The molecule has 6 nitrogen and oxygen atoms in total. The molecule has 2 aromatic rings. The summed E-state index contributed by atoms with van der Waals surface area (Å²) in [5.41, 5.74) is 2.25. The van der Waals surface area contributed by atoms with Crippen LogP contribution in [0.25, 0.3) is 0 Å². The summed E-state index contributed by atoms with van der Waals surface area (Å²) in [6, 6.07) is 12.6. The number of nitrogens with zero attached hydrogens (tertiary/aromatic N) is 2. The Morgan fingerprint density at radius 3 is 2.35 bits per heavy atom. The fourth-order valence-corrected chi connectivity index (χ4v) is 2.87. The first-order valence-corrected chi connectivity index (χ1v) is 8.70. The minimum atomic E-state index is -0.350. The molecule has 1 aliphatic heterocycles. The molecule has 0 atom stereocenters. The van der Waals surface area contributed by atoms with Gasteiger partial charge in [-0.2, -0.15) is 0 Å². The van der Waals surface area contributed by atoms with E-state index in [1.807, 2.05) is 24.3 Å². The molecule has 1 aromatic carbocycles. The number of hydrogen-bond acceptors (Lipinski definition) is 4. The van der Waals surface area contributed by atoms with Crippen molar-refractivity contribution in [3.63, 3.8) is 0 Å². The molecule has 3 rings (SSSR count). The van der Waals surface area contributed by atoms with Gasteiger partial charge in [0.25, 0.3) is 11.8 Å². The number of anilines is 2. The van der Waals surface area contributed by atoms with Gasteiger partial charge in [-0.05, 0) is 49.2 Å². The number of benzene rings is 1. The van der Waals surface area contributed by atoms with Gasteiger partial charge in [0.2, 0.25) is 0 Å². The quantitative estimate of drug-likeness (QED) is 0.786. The lowest BCUT2D eigenvalue weighted by Gasteiger charge is -2.17. The van der Waals surface area contributed by atoms with Gasteiger partial charge in [-0.3, -0.25) is 9.59 Å². The predicted molar refractivity (Wildman–Crippen MR) is 103 cm³/mol. The average molecular weight is 350 g/mol. The standard InChI is InChI=1S/C20H22N4O2/c1-2-12-21-19(25)17-6-5-7-18(23-17)20(26)22-15-8-10-16(11-9-15)24-13-3-4-14-24/h2,5-11H,1,3-4,12-14H2,(H,21,25)(H,22,26). The summed E-state index contributed by atoms with van der Waals surface area (Å²) in [7, 11) is 0. The summed E-state index contributed by atoms with van der Waals surface area (Å²) in [6.45, 7) is 6.05. The zero-order valence-corrected chi connectivity index (χ0v) is 14.6. The molecule has 0 saturated carbocycles. The first-order chi connectivity index (χ1) is 12.7. The number of hydrogen-bond donors (Lipinski definition) is 2. The third-order valence-corrected chi connectivity index (χ3v) is 4.22. The van der Waals surface area contributed by atoms with Gasteiger partial charge >= 0.3 is 0 Å². The van der Waals surface area contributed by atoms with Crippen LogP contribution in [-0.4, -0.2) is 36.4 Å². The van der Waals surface area contributed by atoms with Crippen molar-refractivity contribution in [1.82, 2.24) is 10.3 Å². The molecule has 0 unspecified atom stereocenters. The maximum absolute atomic E-state index is 12.4. The Morgan fingerprint density at radius 1 is 1.04 bits per heavy atom. The largest absolute Gasteiger partial charge is 0.372 e. The van der Waals surface area contributed by atoms with Crippen LogP contribution in [-0.2, 0) is 0 Å². The zero-order chi connectivity index (χ0) is 18.4. The Hall–Kier alpha value is -3.15. The summed E-state index contributed by atoms with van der Waals surface area (Å²) in [5, 5.41) is 5.46. The van der Waals surface area contributed by atoms with E-state index >= 15 is 0 Å². The molecular weight excluding hydrogens is 328 g/mol. The summed E-state index contributed by atoms with van der Waals surface area (Å²) < 4.78 is 0. The third kappa shape index (κ3) is 4.27. The molecule has 1 fully saturated rings. The first-order valence-electron chi connectivity index (χ1n) is 8.70. The van der Waals surface area contributed by atoms with Crippen molar-refractivity contribution in [2.75, 3.05) is 29.9 Å². The molecule has 1 aromatic heterocycles. The monoisotopic (exact) mass is 350 g/mol. The van der Waals surface area contributed by atoms with Gasteiger partial charge < -0.3 is 15.5 Å². The lowest BCUT2D eigenvalue weighted by Crippen LogP contribution is -2.25. The molecule has 0 spiro atoms. The van der Waals surface area contributed by atoms with Crippen molar-refractivity contribution in [2.24, 2.45) is 0 Å². The molecule has 1 aliphatic rings. The highest BCUT2D eigenvalue weighted by molar-refractivity contribution is 6.03. The van der Waals surface area contributed by atoms with E-state index in [0.29, 0.717) is 12.2 Å². The van der Waals surface area contributed by atoms with Gasteiger partial charge in [0.15, 0.2) is 0 Å². The Bertz CT molecular complexity index is 796. The van der Waals surface area contributed by atoms with E-state index in [4.69, 9.17) is 0 Å². The molecule has 0 aliphatic carbocycles. The van der Waals surface area contributed by atoms with Crippen LogP contribution in [0.1, 0.15) is 33.8 Å². The Morgan fingerprint density at radius 2 is 1.69 bits per heavy atom. The van der Waals surface area contributed by atoms with Crippen molar-refractivity contribution < 1.29 is 9.59 Å². The first kappa shape index (κ1) is 17.7. The van der Waals surface area contributed by atoms with E-state index in [1.54, 1.807) is 24.3 Å². The highest BCUT2D eigenvalue weighted by atomic mass is 16.2. The molecule has 1 saturated heterocycles. The van der Waals surface area contributed by atoms with Gasteiger partial charge in [0.05, 0.1) is 0 Å². The minimum absolute atomic E-state index is 0.194. The van der Waals surface area contributed by atoms with Crippen molar-refractivity contribution in [2.45, 2.75) is 12.8 Å². The van der Waals surface area contributed by atoms with E-state index in [0.717, 1.165) is 13.1 Å². The van der Waals surface area contributed by atoms with Crippen LogP contribution >= 0.6 is 0 Å². The van der Waals surface area contributed by atoms with Crippen LogP contribution in [0.2, 0.25) is 0 Å².